The van der Waals surface area contributed by atoms with Gasteiger partial charge in [0.25, 0.3) is 0 Å². The largest absolute Gasteiger partial charge is 0.339 e. The summed E-state index contributed by atoms with van der Waals surface area (Å²) in [6.45, 7) is 0.684. The molecule has 72 valence electrons. The minimum Gasteiger partial charge on any atom is -0.339 e. The Morgan fingerprint density at radius 1 is 1.69 bits per heavy atom. The van der Waals surface area contributed by atoms with Gasteiger partial charge in [-0.2, -0.15) is 16.7 Å². The van der Waals surface area contributed by atoms with Gasteiger partial charge < -0.3 is 9.84 Å². The number of thioether (sulfide) groups is 1. The maximum absolute atomic E-state index is 5.19. The molecule has 2 heterocycles. The van der Waals surface area contributed by atoms with E-state index < -0.39 is 0 Å². The summed E-state index contributed by atoms with van der Waals surface area (Å²) < 4.78 is 5.19. The second-order valence-corrected chi connectivity index (χ2v) is 4.29. The minimum absolute atomic E-state index is 0.489. The van der Waals surface area contributed by atoms with Crippen LogP contribution in [-0.4, -0.2) is 28.7 Å². The van der Waals surface area contributed by atoms with Gasteiger partial charge in [0.05, 0.1) is 6.54 Å². The summed E-state index contributed by atoms with van der Waals surface area (Å²) >= 11 is 1.96. The van der Waals surface area contributed by atoms with Gasteiger partial charge in [0, 0.05) is 11.7 Å². The maximum Gasteiger partial charge on any atom is 0.230 e. The van der Waals surface area contributed by atoms with E-state index in [1.54, 1.807) is 0 Å². The summed E-state index contributed by atoms with van der Waals surface area (Å²) in [5, 5.41) is 6.89. The molecule has 0 radical (unpaired) electrons. The average molecular weight is 199 g/mol. The molecule has 1 N–H and O–H groups in total. The zero-order valence-electron chi connectivity index (χ0n) is 7.62. The van der Waals surface area contributed by atoms with E-state index in [4.69, 9.17) is 4.52 Å². The summed E-state index contributed by atoms with van der Waals surface area (Å²) in [5.74, 6) is 4.41. The van der Waals surface area contributed by atoms with Crippen molar-refractivity contribution < 1.29 is 4.52 Å². The molecule has 1 aromatic heterocycles. The number of hydrogen-bond acceptors (Lipinski definition) is 5. The molecule has 4 nitrogen and oxygen atoms in total. The number of nitrogens with zero attached hydrogens (tertiary/aromatic N) is 2. The van der Waals surface area contributed by atoms with E-state index in [0.29, 0.717) is 12.5 Å². The lowest BCUT2D eigenvalue weighted by Crippen LogP contribution is -2.06. The highest BCUT2D eigenvalue weighted by Gasteiger charge is 2.23. The molecule has 0 amide bonds. The average Bonchev–Trinajstić information content (AvgIpc) is 2.70. The van der Waals surface area contributed by atoms with Gasteiger partial charge in [-0.05, 0) is 19.2 Å². The monoisotopic (exact) mass is 199 g/mol. The fraction of sp³-hybridized carbons (Fsp3) is 0.750. The first-order valence-electron chi connectivity index (χ1n) is 4.45. The highest BCUT2D eigenvalue weighted by molar-refractivity contribution is 7.99. The van der Waals surface area contributed by atoms with Crippen molar-refractivity contribution in [3.63, 3.8) is 0 Å². The molecule has 1 aromatic rings. The minimum atomic E-state index is 0.489. The third-order valence-electron chi connectivity index (χ3n) is 2.10. The van der Waals surface area contributed by atoms with Gasteiger partial charge in [0.2, 0.25) is 5.89 Å². The van der Waals surface area contributed by atoms with E-state index >= 15 is 0 Å². The molecule has 0 saturated carbocycles. The predicted octanol–water partition coefficient (Wildman–Crippen LogP) is 1.01. The molecule has 1 unspecified atom stereocenters. The van der Waals surface area contributed by atoms with E-state index in [2.05, 4.69) is 15.5 Å². The van der Waals surface area contributed by atoms with Gasteiger partial charge in [-0.3, -0.25) is 0 Å². The highest BCUT2D eigenvalue weighted by atomic mass is 32.2. The van der Waals surface area contributed by atoms with E-state index in [9.17, 15) is 0 Å². The fourth-order valence-electron chi connectivity index (χ4n) is 1.39. The summed E-state index contributed by atoms with van der Waals surface area (Å²) in [6, 6.07) is 0. The second-order valence-electron chi connectivity index (χ2n) is 3.14. The van der Waals surface area contributed by atoms with Crippen molar-refractivity contribution in [2.45, 2.75) is 18.9 Å². The Morgan fingerprint density at radius 2 is 2.62 bits per heavy atom. The van der Waals surface area contributed by atoms with E-state index in [1.165, 1.54) is 12.2 Å². The lowest BCUT2D eigenvalue weighted by Gasteiger charge is -1.98. The molecule has 0 spiro atoms. The van der Waals surface area contributed by atoms with Crippen LogP contribution in [0.25, 0.3) is 0 Å². The van der Waals surface area contributed by atoms with Crippen LogP contribution in [0, 0.1) is 0 Å². The van der Waals surface area contributed by atoms with Crippen molar-refractivity contribution in [3.8, 4) is 0 Å². The SMILES string of the molecule is CNCc1noc(C2CCSC2)n1. The normalized spacial score (nSPS) is 22.4. The summed E-state index contributed by atoms with van der Waals surface area (Å²) in [6.07, 6.45) is 1.17. The Morgan fingerprint density at radius 3 is 3.31 bits per heavy atom. The Kier molecular flexibility index (Phi) is 2.85. The molecule has 1 aliphatic rings. The van der Waals surface area contributed by atoms with E-state index in [0.717, 1.165) is 17.5 Å². The smallest absolute Gasteiger partial charge is 0.230 e. The maximum atomic E-state index is 5.19. The first kappa shape index (κ1) is 9.02. The van der Waals surface area contributed by atoms with Gasteiger partial charge in [-0.1, -0.05) is 5.16 Å². The van der Waals surface area contributed by atoms with Crippen LogP contribution in [0.5, 0.6) is 0 Å². The van der Waals surface area contributed by atoms with Crippen LogP contribution < -0.4 is 5.32 Å². The van der Waals surface area contributed by atoms with Crippen molar-refractivity contribution >= 4 is 11.8 Å². The van der Waals surface area contributed by atoms with Crippen LogP contribution in [0.2, 0.25) is 0 Å². The van der Waals surface area contributed by atoms with Crippen molar-refractivity contribution in [2.75, 3.05) is 18.6 Å². The van der Waals surface area contributed by atoms with Crippen LogP contribution in [-0.2, 0) is 6.54 Å². The molecule has 1 saturated heterocycles. The Balaban J connectivity index is 2.03. The number of rotatable bonds is 3. The van der Waals surface area contributed by atoms with Crippen molar-refractivity contribution in [2.24, 2.45) is 0 Å². The third kappa shape index (κ3) is 2.03. The molecule has 2 rings (SSSR count). The highest BCUT2D eigenvalue weighted by Crippen LogP contribution is 2.31. The summed E-state index contributed by atoms with van der Waals surface area (Å²) in [5.41, 5.74) is 0. The predicted molar refractivity (Wildman–Crippen MR) is 51.7 cm³/mol. The van der Waals surface area contributed by atoms with Crippen LogP contribution >= 0.6 is 11.8 Å². The first-order chi connectivity index (χ1) is 6.40. The van der Waals surface area contributed by atoms with Gasteiger partial charge in [-0.25, -0.2) is 0 Å². The second kappa shape index (κ2) is 4.11. The quantitative estimate of drug-likeness (QED) is 0.787. The fourth-order valence-corrected chi connectivity index (χ4v) is 2.60. The molecule has 1 fully saturated rings. The first-order valence-corrected chi connectivity index (χ1v) is 5.60. The zero-order chi connectivity index (χ0) is 9.10. The lowest BCUT2D eigenvalue weighted by atomic mass is 10.1. The Labute approximate surface area is 81.5 Å². The molecule has 1 aliphatic heterocycles. The Hall–Kier alpha value is -0.550. The van der Waals surface area contributed by atoms with Gasteiger partial charge in [0.15, 0.2) is 5.82 Å². The van der Waals surface area contributed by atoms with Gasteiger partial charge >= 0.3 is 0 Å². The van der Waals surface area contributed by atoms with Gasteiger partial charge in [-0.15, -0.1) is 0 Å². The number of nitrogens with one attached hydrogen (secondary N) is 1. The summed E-state index contributed by atoms with van der Waals surface area (Å²) in [7, 11) is 1.88. The van der Waals surface area contributed by atoms with Crippen LogP contribution in [0.3, 0.4) is 0 Å². The van der Waals surface area contributed by atoms with Crippen LogP contribution in [0.15, 0.2) is 4.52 Å². The molecule has 0 aromatic carbocycles. The molecule has 5 heteroatoms. The molecule has 0 bridgehead atoms. The van der Waals surface area contributed by atoms with Crippen molar-refractivity contribution in [1.82, 2.24) is 15.5 Å². The summed E-state index contributed by atoms with van der Waals surface area (Å²) in [4.78, 5) is 4.33. The van der Waals surface area contributed by atoms with E-state index in [-0.39, 0.29) is 0 Å². The molecular formula is C8H13N3OS. The molecule has 13 heavy (non-hydrogen) atoms. The Bertz CT molecular complexity index is 270. The molecule has 1 atom stereocenters. The zero-order valence-corrected chi connectivity index (χ0v) is 8.43. The number of hydrogen-bond donors (Lipinski definition) is 1. The van der Waals surface area contributed by atoms with Crippen LogP contribution in [0.1, 0.15) is 24.1 Å². The third-order valence-corrected chi connectivity index (χ3v) is 3.26. The van der Waals surface area contributed by atoms with Crippen molar-refractivity contribution in [3.05, 3.63) is 11.7 Å². The molecule has 0 aliphatic carbocycles. The lowest BCUT2D eigenvalue weighted by molar-refractivity contribution is 0.356. The topological polar surface area (TPSA) is 51.0 Å². The standard InChI is InChI=1S/C8H13N3OS/c1-9-4-7-10-8(12-11-7)6-2-3-13-5-6/h6,9H,2-5H2,1H3. The molecular weight excluding hydrogens is 186 g/mol. The van der Waals surface area contributed by atoms with Crippen molar-refractivity contribution in [1.29, 1.82) is 0 Å². The van der Waals surface area contributed by atoms with E-state index in [1.807, 2.05) is 18.8 Å². The van der Waals surface area contributed by atoms with Crippen LogP contribution in [0.4, 0.5) is 0 Å². The van der Waals surface area contributed by atoms with Gasteiger partial charge in [0.1, 0.15) is 0 Å². The number of aromatic nitrogens is 2.